The highest BCUT2D eigenvalue weighted by Crippen LogP contribution is 2.29. The van der Waals surface area contributed by atoms with Gasteiger partial charge in [-0.05, 0) is 56.6 Å². The van der Waals surface area contributed by atoms with Crippen LogP contribution in [0, 0.1) is 0 Å². The number of carbonyl (C=O) groups is 1. The molecule has 7 nitrogen and oxygen atoms in total. The van der Waals surface area contributed by atoms with E-state index in [1.54, 1.807) is 14.1 Å². The number of amides is 1. The van der Waals surface area contributed by atoms with Crippen molar-refractivity contribution in [2.75, 3.05) is 32.9 Å². The molecule has 1 fully saturated rings. The van der Waals surface area contributed by atoms with Gasteiger partial charge in [0.25, 0.3) is 5.91 Å². The largest absolute Gasteiger partial charge is 0.383 e. The summed E-state index contributed by atoms with van der Waals surface area (Å²) in [5.74, 6) is 1.74. The molecule has 1 aliphatic rings. The van der Waals surface area contributed by atoms with Gasteiger partial charge >= 0.3 is 0 Å². The van der Waals surface area contributed by atoms with E-state index in [0.29, 0.717) is 17.3 Å². The number of likely N-dealkylation sites (tertiary alicyclic amines) is 1. The Balaban J connectivity index is 1.43. The van der Waals surface area contributed by atoms with Gasteiger partial charge in [0.05, 0.1) is 23.1 Å². The van der Waals surface area contributed by atoms with E-state index in [2.05, 4.69) is 45.6 Å². The maximum absolute atomic E-state index is 12.2. The fourth-order valence-electron chi connectivity index (χ4n) is 4.45. The lowest BCUT2D eigenvalue weighted by molar-refractivity contribution is 0.0828. The molecule has 0 radical (unpaired) electrons. The number of anilines is 1. The highest BCUT2D eigenvalue weighted by Gasteiger charge is 2.24. The second kappa shape index (κ2) is 9.06. The van der Waals surface area contributed by atoms with Crippen molar-refractivity contribution in [1.82, 2.24) is 24.3 Å². The minimum Gasteiger partial charge on any atom is -0.383 e. The molecule has 2 aromatic heterocycles. The van der Waals surface area contributed by atoms with E-state index in [9.17, 15) is 4.79 Å². The molecule has 164 valence electrons. The number of nitrogens with zero attached hydrogens (tertiary/aromatic N) is 5. The number of para-hydroxylation sites is 2. The van der Waals surface area contributed by atoms with Gasteiger partial charge in [0, 0.05) is 32.3 Å². The number of aryl methyl sites for hydroxylation is 1. The molecule has 0 bridgehead atoms. The molecule has 0 saturated carbocycles. The van der Waals surface area contributed by atoms with E-state index >= 15 is 0 Å². The molecular weight excluding hydrogens is 388 g/mol. The summed E-state index contributed by atoms with van der Waals surface area (Å²) in [7, 11) is 3.44. The molecule has 1 aromatic carbocycles. The zero-order chi connectivity index (χ0) is 22.0. The quantitative estimate of drug-likeness (QED) is 0.660. The van der Waals surface area contributed by atoms with E-state index in [1.165, 1.54) is 10.4 Å². The molecular formula is C24H32N6O. The minimum atomic E-state index is -0.110. The number of carbonyl (C=O) groups excluding carboxylic acids is 1. The summed E-state index contributed by atoms with van der Waals surface area (Å²) in [6.45, 7) is 6.07. The number of rotatable bonds is 6. The average molecular weight is 421 g/mol. The van der Waals surface area contributed by atoms with Gasteiger partial charge in [-0.15, -0.1) is 0 Å². The van der Waals surface area contributed by atoms with Crippen LogP contribution >= 0.6 is 0 Å². The van der Waals surface area contributed by atoms with Crippen molar-refractivity contribution in [3.8, 4) is 0 Å². The molecule has 4 rings (SSSR count). The number of nitrogens with two attached hydrogens (primary N) is 1. The van der Waals surface area contributed by atoms with Crippen LogP contribution in [0.1, 0.15) is 54.0 Å². The van der Waals surface area contributed by atoms with Crippen molar-refractivity contribution in [2.24, 2.45) is 0 Å². The number of imidazole rings is 1. The topological polar surface area (TPSA) is 80.3 Å². The Morgan fingerprint density at radius 3 is 2.55 bits per heavy atom. The average Bonchev–Trinajstić information content (AvgIpc) is 3.11. The molecule has 0 spiro atoms. The van der Waals surface area contributed by atoms with Crippen molar-refractivity contribution in [2.45, 2.75) is 45.2 Å². The Labute approximate surface area is 183 Å². The van der Waals surface area contributed by atoms with Crippen molar-refractivity contribution in [1.29, 1.82) is 0 Å². The van der Waals surface area contributed by atoms with Crippen molar-refractivity contribution in [3.63, 3.8) is 0 Å². The van der Waals surface area contributed by atoms with Gasteiger partial charge < -0.3 is 15.2 Å². The third-order valence-electron chi connectivity index (χ3n) is 6.13. The summed E-state index contributed by atoms with van der Waals surface area (Å²) in [4.78, 5) is 25.7. The van der Waals surface area contributed by atoms with Gasteiger partial charge in [-0.2, -0.15) is 0 Å². The lowest BCUT2D eigenvalue weighted by Gasteiger charge is -2.31. The molecule has 3 heterocycles. The summed E-state index contributed by atoms with van der Waals surface area (Å²) < 4.78 is 2.37. The maximum atomic E-state index is 12.2. The van der Waals surface area contributed by atoms with E-state index in [-0.39, 0.29) is 5.91 Å². The number of piperidine rings is 1. The Morgan fingerprint density at radius 1 is 1.13 bits per heavy atom. The SMILES string of the molecule is CCCn1c(CN2CCC(c3ccc(C(=O)N(C)C)c(N)n3)CC2)nc2ccccc21. The van der Waals surface area contributed by atoms with Crippen LogP contribution in [0.5, 0.6) is 0 Å². The second-order valence-corrected chi connectivity index (χ2v) is 8.59. The molecule has 2 N–H and O–H groups in total. The molecule has 0 aliphatic carbocycles. The number of hydrogen-bond acceptors (Lipinski definition) is 5. The highest BCUT2D eigenvalue weighted by molar-refractivity contribution is 5.98. The van der Waals surface area contributed by atoms with E-state index in [4.69, 9.17) is 10.7 Å². The standard InChI is InChI=1S/C24H32N6O/c1-4-13-30-21-8-6-5-7-20(21)26-22(30)16-29-14-11-17(12-15-29)19-10-9-18(23(25)27-19)24(31)28(2)3/h5-10,17H,4,11-16H2,1-3H3,(H2,25,27). The fraction of sp³-hybridized carbons (Fsp3) is 0.458. The number of aromatic nitrogens is 3. The third-order valence-corrected chi connectivity index (χ3v) is 6.13. The number of benzene rings is 1. The number of fused-ring (bicyclic) bond motifs is 1. The first kappa shape index (κ1) is 21.3. The Bertz CT molecular complexity index is 1070. The van der Waals surface area contributed by atoms with Crippen LogP contribution in [-0.4, -0.2) is 57.4 Å². The summed E-state index contributed by atoms with van der Waals surface area (Å²) in [6, 6.07) is 12.2. The molecule has 1 aliphatic heterocycles. The van der Waals surface area contributed by atoms with E-state index < -0.39 is 0 Å². The van der Waals surface area contributed by atoms with Crippen LogP contribution in [0.4, 0.5) is 5.82 Å². The zero-order valence-corrected chi connectivity index (χ0v) is 18.7. The molecule has 1 saturated heterocycles. The van der Waals surface area contributed by atoms with Gasteiger partial charge in [0.2, 0.25) is 0 Å². The van der Waals surface area contributed by atoms with Crippen LogP contribution in [0.2, 0.25) is 0 Å². The fourth-order valence-corrected chi connectivity index (χ4v) is 4.45. The van der Waals surface area contributed by atoms with Gasteiger partial charge in [-0.3, -0.25) is 9.69 Å². The minimum absolute atomic E-state index is 0.110. The van der Waals surface area contributed by atoms with E-state index in [1.807, 2.05) is 12.1 Å². The molecule has 3 aromatic rings. The van der Waals surface area contributed by atoms with Crippen LogP contribution in [-0.2, 0) is 13.1 Å². The Morgan fingerprint density at radius 2 is 1.87 bits per heavy atom. The normalized spacial score (nSPS) is 15.5. The van der Waals surface area contributed by atoms with Crippen molar-refractivity contribution < 1.29 is 4.79 Å². The third kappa shape index (κ3) is 4.42. The molecule has 0 atom stereocenters. The van der Waals surface area contributed by atoms with E-state index in [0.717, 1.165) is 62.5 Å². The maximum Gasteiger partial charge on any atom is 0.257 e. The lowest BCUT2D eigenvalue weighted by Crippen LogP contribution is -2.33. The lowest BCUT2D eigenvalue weighted by atomic mass is 9.92. The first-order valence-corrected chi connectivity index (χ1v) is 11.1. The number of pyridine rings is 1. The van der Waals surface area contributed by atoms with Crippen LogP contribution in [0.3, 0.4) is 0 Å². The monoisotopic (exact) mass is 420 g/mol. The molecule has 31 heavy (non-hydrogen) atoms. The summed E-state index contributed by atoms with van der Waals surface area (Å²) >= 11 is 0. The van der Waals surface area contributed by atoms with Crippen LogP contribution in [0.25, 0.3) is 11.0 Å². The molecule has 0 unspecified atom stereocenters. The summed E-state index contributed by atoms with van der Waals surface area (Å²) in [6.07, 6.45) is 3.15. The van der Waals surface area contributed by atoms with Gasteiger partial charge in [0.1, 0.15) is 11.6 Å². The Kier molecular flexibility index (Phi) is 6.23. The number of nitrogen functional groups attached to an aromatic ring is 1. The van der Waals surface area contributed by atoms with Crippen molar-refractivity contribution >= 4 is 22.8 Å². The number of hydrogen-bond donors (Lipinski definition) is 1. The first-order chi connectivity index (χ1) is 15.0. The smallest absolute Gasteiger partial charge is 0.257 e. The van der Waals surface area contributed by atoms with Gasteiger partial charge in [-0.1, -0.05) is 19.1 Å². The van der Waals surface area contributed by atoms with Crippen LogP contribution in [0.15, 0.2) is 36.4 Å². The summed E-state index contributed by atoms with van der Waals surface area (Å²) in [5.41, 5.74) is 9.86. The second-order valence-electron chi connectivity index (χ2n) is 8.59. The highest BCUT2D eigenvalue weighted by atomic mass is 16.2. The van der Waals surface area contributed by atoms with Gasteiger partial charge in [-0.25, -0.2) is 9.97 Å². The Hall–Kier alpha value is -2.93. The van der Waals surface area contributed by atoms with Crippen LogP contribution < -0.4 is 5.73 Å². The first-order valence-electron chi connectivity index (χ1n) is 11.1. The molecule has 7 heteroatoms. The summed E-state index contributed by atoms with van der Waals surface area (Å²) in [5, 5.41) is 0. The van der Waals surface area contributed by atoms with Crippen molar-refractivity contribution in [3.05, 3.63) is 53.5 Å². The molecule has 1 amide bonds. The predicted octanol–water partition coefficient (Wildman–Crippen LogP) is 3.50. The van der Waals surface area contributed by atoms with Gasteiger partial charge in [0.15, 0.2) is 0 Å². The zero-order valence-electron chi connectivity index (χ0n) is 18.7. The predicted molar refractivity (Wildman–Crippen MR) is 124 cm³/mol.